The summed E-state index contributed by atoms with van der Waals surface area (Å²) < 4.78 is 31.8. The number of aliphatic imine (C=N–C) groups is 2. The second kappa shape index (κ2) is 12.9. The largest absolute Gasteiger partial charge is 0.493 e. The first-order valence-electron chi connectivity index (χ1n) is 11.1. The van der Waals surface area contributed by atoms with Gasteiger partial charge in [0, 0.05) is 42.0 Å². The summed E-state index contributed by atoms with van der Waals surface area (Å²) in [7, 11) is 1.95. The lowest BCUT2D eigenvalue weighted by Gasteiger charge is -2.20. The van der Waals surface area contributed by atoms with E-state index in [2.05, 4.69) is 28.5 Å². The zero-order valence-electron chi connectivity index (χ0n) is 19.3. The molecule has 1 N–H and O–H groups in total. The normalized spacial score (nSPS) is 20.3. The third-order valence-electron chi connectivity index (χ3n) is 5.34. The van der Waals surface area contributed by atoms with Gasteiger partial charge in [-0.15, -0.1) is 0 Å². The highest BCUT2D eigenvalue weighted by molar-refractivity contribution is 7.98. The van der Waals surface area contributed by atoms with Gasteiger partial charge in [0.25, 0.3) is 0 Å². The molecule has 0 radical (unpaired) electrons. The molecule has 8 heteroatoms. The van der Waals surface area contributed by atoms with E-state index in [1.54, 1.807) is 30.8 Å². The van der Waals surface area contributed by atoms with Crippen molar-refractivity contribution < 1.29 is 13.0 Å². The smallest absolute Gasteiger partial charge is 0.137 e. The van der Waals surface area contributed by atoms with E-state index in [0.29, 0.717) is 18.2 Å². The summed E-state index contributed by atoms with van der Waals surface area (Å²) in [5.41, 5.74) is 2.89. The fourth-order valence-electron chi connectivity index (χ4n) is 3.15. The van der Waals surface area contributed by atoms with Crippen LogP contribution in [0.15, 0.2) is 105 Å². The van der Waals surface area contributed by atoms with E-state index in [-0.39, 0.29) is 36.2 Å². The molecule has 1 heterocycles. The Hall–Kier alpha value is -3.13. The number of allylic oxidation sites excluding steroid dienone is 7. The van der Waals surface area contributed by atoms with Gasteiger partial charge in [0.1, 0.15) is 24.4 Å². The molecule has 0 aromatic heterocycles. The molecule has 1 atom stereocenters. The number of hydrogen-bond donors (Lipinski definition) is 1. The van der Waals surface area contributed by atoms with Crippen LogP contribution in [0.5, 0.6) is 0 Å². The van der Waals surface area contributed by atoms with Gasteiger partial charge in [-0.2, -0.15) is 3.89 Å². The van der Waals surface area contributed by atoms with Crippen LogP contribution in [-0.2, 0) is 4.74 Å². The summed E-state index contributed by atoms with van der Waals surface area (Å²) in [6.07, 6.45) is 19.4. The lowest BCUT2D eigenvalue weighted by atomic mass is 10.1. The van der Waals surface area contributed by atoms with Gasteiger partial charge in [0.2, 0.25) is 0 Å². The van der Waals surface area contributed by atoms with E-state index >= 15 is 0 Å². The first-order chi connectivity index (χ1) is 16.5. The highest BCUT2D eigenvalue weighted by atomic mass is 32.2. The molecule has 0 spiro atoms. The molecule has 1 fully saturated rings. The van der Waals surface area contributed by atoms with Gasteiger partial charge in [0.05, 0.1) is 25.1 Å². The maximum absolute atomic E-state index is 13.6. The van der Waals surface area contributed by atoms with Crippen LogP contribution in [0.1, 0.15) is 19.3 Å². The van der Waals surface area contributed by atoms with Crippen molar-refractivity contribution in [2.24, 2.45) is 15.9 Å². The summed E-state index contributed by atoms with van der Waals surface area (Å²) in [5.74, 6) is 0.581. The number of likely N-dealkylation sites (N-methyl/N-ethyl adjacent to an activating group) is 1. The molecule has 0 aromatic rings. The van der Waals surface area contributed by atoms with E-state index in [0.717, 1.165) is 23.0 Å². The molecule has 0 saturated heterocycles. The Kier molecular flexibility index (Phi) is 9.70. The Balaban J connectivity index is 1.39. The summed E-state index contributed by atoms with van der Waals surface area (Å²) in [6, 6.07) is 0. The number of hydrogen-bond acceptors (Lipinski definition) is 6. The maximum atomic E-state index is 13.6. The zero-order chi connectivity index (χ0) is 24.3. The predicted molar refractivity (Wildman–Crippen MR) is 139 cm³/mol. The lowest BCUT2D eigenvalue weighted by Crippen LogP contribution is -2.25. The highest BCUT2D eigenvalue weighted by Gasteiger charge is 2.25. The monoisotopic (exact) mass is 484 g/mol. The summed E-state index contributed by atoms with van der Waals surface area (Å²) in [6.45, 7) is 9.09. The molecule has 0 bridgehead atoms. The van der Waals surface area contributed by atoms with Crippen molar-refractivity contribution in [3.05, 3.63) is 95.3 Å². The number of rotatable bonds is 12. The summed E-state index contributed by atoms with van der Waals surface area (Å²) >= 11 is 0.00324. The second-order valence-corrected chi connectivity index (χ2v) is 8.70. The number of nitrogens with zero attached hydrogens (tertiary/aromatic N) is 3. The maximum Gasteiger partial charge on any atom is 0.137 e. The molecule has 3 aliphatic rings. The molecule has 0 amide bonds. The third kappa shape index (κ3) is 8.33. The molecule has 34 heavy (non-hydrogen) atoms. The summed E-state index contributed by atoms with van der Waals surface area (Å²) in [4.78, 5) is 11.0. The van der Waals surface area contributed by atoms with E-state index in [1.807, 2.05) is 30.2 Å². The van der Waals surface area contributed by atoms with Crippen molar-refractivity contribution in [1.82, 2.24) is 10.2 Å². The Morgan fingerprint density at radius 3 is 2.94 bits per heavy atom. The average molecular weight is 485 g/mol. The molecule has 1 aliphatic heterocycles. The van der Waals surface area contributed by atoms with E-state index < -0.39 is 5.83 Å². The third-order valence-corrected chi connectivity index (χ3v) is 5.77. The standard InChI is InChI=1S/C26H30F2N4OS/c1-19(21-5-6-21)31-26-10-7-22(11-13-30-26)20(2)32(3)15-14-29-12-4-16-33-24-8-9-25(34-28)18-23(27)17-24/h4,7-14,18,21,26,31H,1-2,5-6,15-17H2,3H3/b12-4-,29-14-. The van der Waals surface area contributed by atoms with Crippen LogP contribution >= 0.6 is 12.1 Å². The number of nitrogens with one attached hydrogen (secondary N) is 1. The fourth-order valence-corrected chi connectivity index (χ4v) is 3.45. The van der Waals surface area contributed by atoms with Crippen LogP contribution in [0.2, 0.25) is 0 Å². The topological polar surface area (TPSA) is 49.2 Å². The van der Waals surface area contributed by atoms with Crippen molar-refractivity contribution in [1.29, 1.82) is 0 Å². The van der Waals surface area contributed by atoms with Crippen LogP contribution in [0, 0.1) is 5.92 Å². The van der Waals surface area contributed by atoms with Crippen molar-refractivity contribution >= 4 is 24.6 Å². The molecule has 5 nitrogen and oxygen atoms in total. The van der Waals surface area contributed by atoms with Crippen molar-refractivity contribution in [2.75, 3.05) is 20.2 Å². The van der Waals surface area contributed by atoms with Crippen LogP contribution in [0.3, 0.4) is 0 Å². The number of ether oxygens (including phenoxy) is 1. The quantitative estimate of drug-likeness (QED) is 0.341. The molecule has 3 rings (SSSR count). The Bertz CT molecular complexity index is 1020. The minimum atomic E-state index is -0.439. The molecule has 0 aromatic carbocycles. The SMILES string of the molecule is C=C(NC1C=CC(C(=C)N(C)C/C=N\C=C/COC2=CC=C(SF)C=C(F)C2)=CC=N1)C1CC1. The van der Waals surface area contributed by atoms with Gasteiger partial charge in [0.15, 0.2) is 0 Å². The van der Waals surface area contributed by atoms with Crippen molar-refractivity contribution in [2.45, 2.75) is 25.4 Å². The molecule has 2 aliphatic carbocycles. The van der Waals surface area contributed by atoms with Crippen molar-refractivity contribution in [3.63, 3.8) is 0 Å². The van der Waals surface area contributed by atoms with E-state index in [1.165, 1.54) is 18.9 Å². The molecular weight excluding hydrogens is 454 g/mol. The zero-order valence-corrected chi connectivity index (χ0v) is 20.1. The van der Waals surface area contributed by atoms with Crippen LogP contribution < -0.4 is 5.32 Å². The molecule has 1 saturated carbocycles. The lowest BCUT2D eigenvalue weighted by molar-refractivity contribution is 0.237. The van der Waals surface area contributed by atoms with E-state index in [9.17, 15) is 8.28 Å². The molecule has 1 unspecified atom stereocenters. The fraction of sp³-hybridized carbons (Fsp3) is 0.308. The van der Waals surface area contributed by atoms with Crippen LogP contribution in [0.4, 0.5) is 8.28 Å². The second-order valence-electron chi connectivity index (χ2n) is 8.07. The van der Waals surface area contributed by atoms with Crippen LogP contribution in [0.25, 0.3) is 0 Å². The first-order valence-corrected chi connectivity index (χ1v) is 11.8. The average Bonchev–Trinajstić information content (AvgIpc) is 3.68. The Morgan fingerprint density at radius 1 is 1.35 bits per heavy atom. The van der Waals surface area contributed by atoms with E-state index in [4.69, 9.17) is 4.74 Å². The van der Waals surface area contributed by atoms with Gasteiger partial charge in [-0.3, -0.25) is 9.98 Å². The summed E-state index contributed by atoms with van der Waals surface area (Å²) in [5, 5.41) is 3.36. The Morgan fingerprint density at radius 2 is 2.18 bits per heavy atom. The molecule has 180 valence electrons. The highest BCUT2D eigenvalue weighted by Crippen LogP contribution is 2.34. The minimum Gasteiger partial charge on any atom is -0.493 e. The Labute approximate surface area is 204 Å². The van der Waals surface area contributed by atoms with Gasteiger partial charge in [-0.1, -0.05) is 19.2 Å². The number of halogens is 2. The van der Waals surface area contributed by atoms with Crippen LogP contribution in [-0.4, -0.2) is 43.7 Å². The van der Waals surface area contributed by atoms with Gasteiger partial charge in [-0.25, -0.2) is 4.39 Å². The predicted octanol–water partition coefficient (Wildman–Crippen LogP) is 6.08. The van der Waals surface area contributed by atoms with Crippen molar-refractivity contribution in [3.8, 4) is 0 Å². The first kappa shape index (κ1) is 25.5. The minimum absolute atomic E-state index is 0.00324. The van der Waals surface area contributed by atoms with Gasteiger partial charge < -0.3 is 15.0 Å². The van der Waals surface area contributed by atoms with Gasteiger partial charge >= 0.3 is 0 Å². The molecular formula is C26H30F2N4OS. The van der Waals surface area contributed by atoms with Gasteiger partial charge in [-0.05, 0) is 60.8 Å².